The van der Waals surface area contributed by atoms with Crippen LogP contribution in [-0.2, 0) is 4.79 Å². The maximum absolute atomic E-state index is 11.8. The van der Waals surface area contributed by atoms with E-state index in [4.69, 9.17) is 10.8 Å². The maximum atomic E-state index is 11.8. The zero-order chi connectivity index (χ0) is 11.4. The van der Waals surface area contributed by atoms with Crippen LogP contribution >= 0.6 is 11.3 Å². The lowest BCUT2D eigenvalue weighted by Gasteiger charge is -2.21. The lowest BCUT2D eigenvalue weighted by Crippen LogP contribution is -2.39. The molecule has 1 aromatic rings. The van der Waals surface area contributed by atoms with E-state index in [1.165, 1.54) is 16.2 Å². The van der Waals surface area contributed by atoms with E-state index in [9.17, 15) is 4.79 Å². The molecular weight excluding hydrogens is 212 g/mol. The highest BCUT2D eigenvalue weighted by molar-refractivity contribution is 7.10. The van der Waals surface area contributed by atoms with Crippen LogP contribution in [-0.4, -0.2) is 35.6 Å². The number of carbonyl (C=O) groups is 1. The molecule has 0 bridgehead atoms. The lowest BCUT2D eigenvalue weighted by atomic mass is 10.2. The Kier molecular flexibility index (Phi) is 4.26. The Morgan fingerprint density at radius 2 is 2.40 bits per heavy atom. The SMILES string of the molecule is CC(O)CN(C)C(=O)C(N)c1cccs1. The minimum absolute atomic E-state index is 0.168. The first-order valence-corrected chi connectivity index (χ1v) is 5.62. The summed E-state index contributed by atoms with van der Waals surface area (Å²) in [6.45, 7) is 1.94. The first kappa shape index (κ1) is 12.2. The van der Waals surface area contributed by atoms with Crippen molar-refractivity contribution in [1.82, 2.24) is 4.90 Å². The molecule has 0 radical (unpaired) electrons. The van der Waals surface area contributed by atoms with Crippen molar-refractivity contribution in [3.8, 4) is 0 Å². The van der Waals surface area contributed by atoms with Gasteiger partial charge in [-0.1, -0.05) is 6.07 Å². The van der Waals surface area contributed by atoms with Gasteiger partial charge in [-0.05, 0) is 18.4 Å². The molecule has 84 valence electrons. The van der Waals surface area contributed by atoms with E-state index in [0.717, 1.165) is 4.88 Å². The summed E-state index contributed by atoms with van der Waals surface area (Å²) < 4.78 is 0. The minimum Gasteiger partial charge on any atom is -0.392 e. The smallest absolute Gasteiger partial charge is 0.244 e. The number of carbonyl (C=O) groups excluding carboxylic acids is 1. The van der Waals surface area contributed by atoms with Gasteiger partial charge in [0.1, 0.15) is 6.04 Å². The number of nitrogens with two attached hydrogens (primary N) is 1. The molecule has 2 unspecified atom stereocenters. The molecule has 1 amide bonds. The molecule has 2 atom stereocenters. The van der Waals surface area contributed by atoms with E-state index >= 15 is 0 Å². The maximum Gasteiger partial charge on any atom is 0.244 e. The number of rotatable bonds is 4. The van der Waals surface area contributed by atoms with Crippen LogP contribution in [0.15, 0.2) is 17.5 Å². The number of aliphatic hydroxyl groups excluding tert-OH is 1. The van der Waals surface area contributed by atoms with Crippen LogP contribution in [0.5, 0.6) is 0 Å². The van der Waals surface area contributed by atoms with Crippen molar-refractivity contribution in [3.05, 3.63) is 22.4 Å². The fourth-order valence-corrected chi connectivity index (χ4v) is 2.03. The second kappa shape index (κ2) is 5.25. The number of likely N-dealkylation sites (N-methyl/N-ethyl adjacent to an activating group) is 1. The van der Waals surface area contributed by atoms with Gasteiger partial charge in [0, 0.05) is 18.5 Å². The molecule has 0 fully saturated rings. The van der Waals surface area contributed by atoms with Gasteiger partial charge in [0.2, 0.25) is 5.91 Å². The molecule has 15 heavy (non-hydrogen) atoms. The Morgan fingerprint density at radius 3 is 2.87 bits per heavy atom. The van der Waals surface area contributed by atoms with Gasteiger partial charge in [-0.15, -0.1) is 11.3 Å². The summed E-state index contributed by atoms with van der Waals surface area (Å²) in [6, 6.07) is 3.08. The van der Waals surface area contributed by atoms with Crippen LogP contribution in [0.25, 0.3) is 0 Å². The van der Waals surface area contributed by atoms with Gasteiger partial charge in [-0.3, -0.25) is 4.79 Å². The first-order chi connectivity index (χ1) is 7.02. The molecule has 5 heteroatoms. The quantitative estimate of drug-likeness (QED) is 0.792. The number of thiophene rings is 1. The van der Waals surface area contributed by atoms with E-state index < -0.39 is 12.1 Å². The van der Waals surface area contributed by atoms with E-state index in [2.05, 4.69) is 0 Å². The minimum atomic E-state index is -0.617. The first-order valence-electron chi connectivity index (χ1n) is 4.74. The number of aliphatic hydroxyl groups is 1. The van der Waals surface area contributed by atoms with Crippen LogP contribution in [0.3, 0.4) is 0 Å². The summed E-state index contributed by atoms with van der Waals surface area (Å²) in [5, 5.41) is 11.0. The number of hydrogen-bond donors (Lipinski definition) is 2. The van der Waals surface area contributed by atoms with Crippen LogP contribution in [0.2, 0.25) is 0 Å². The Labute approximate surface area is 93.3 Å². The number of amides is 1. The molecule has 1 aromatic heterocycles. The van der Waals surface area contributed by atoms with E-state index in [-0.39, 0.29) is 5.91 Å². The molecule has 1 rings (SSSR count). The van der Waals surface area contributed by atoms with Crippen molar-refractivity contribution in [1.29, 1.82) is 0 Å². The van der Waals surface area contributed by atoms with Crippen molar-refractivity contribution in [2.45, 2.75) is 19.1 Å². The Hall–Kier alpha value is -0.910. The van der Waals surface area contributed by atoms with Gasteiger partial charge in [0.25, 0.3) is 0 Å². The van der Waals surface area contributed by atoms with Crippen LogP contribution < -0.4 is 5.73 Å². The molecule has 4 nitrogen and oxygen atoms in total. The van der Waals surface area contributed by atoms with Crippen LogP contribution in [0.1, 0.15) is 17.8 Å². The lowest BCUT2D eigenvalue weighted by molar-refractivity contribution is -0.132. The molecular formula is C10H16N2O2S. The fourth-order valence-electron chi connectivity index (χ4n) is 1.31. The topological polar surface area (TPSA) is 66.6 Å². The Balaban J connectivity index is 2.60. The summed E-state index contributed by atoms with van der Waals surface area (Å²) in [5.41, 5.74) is 5.80. The van der Waals surface area contributed by atoms with Crippen molar-refractivity contribution in [2.24, 2.45) is 5.73 Å². The van der Waals surface area contributed by atoms with Gasteiger partial charge >= 0.3 is 0 Å². The van der Waals surface area contributed by atoms with Crippen LogP contribution in [0.4, 0.5) is 0 Å². The van der Waals surface area contributed by atoms with Gasteiger partial charge in [-0.25, -0.2) is 0 Å². The zero-order valence-corrected chi connectivity index (χ0v) is 9.70. The molecule has 1 heterocycles. The van der Waals surface area contributed by atoms with Crippen molar-refractivity contribution in [2.75, 3.05) is 13.6 Å². The Morgan fingerprint density at radius 1 is 1.73 bits per heavy atom. The third-order valence-corrected chi connectivity index (χ3v) is 2.99. The summed E-state index contributed by atoms with van der Waals surface area (Å²) in [7, 11) is 1.64. The molecule has 3 N–H and O–H groups in total. The summed E-state index contributed by atoms with van der Waals surface area (Å²) >= 11 is 1.46. The van der Waals surface area contributed by atoms with Gasteiger partial charge in [0.05, 0.1) is 6.10 Å². The molecule has 0 aromatic carbocycles. The second-order valence-electron chi connectivity index (χ2n) is 3.56. The zero-order valence-electron chi connectivity index (χ0n) is 8.88. The van der Waals surface area contributed by atoms with E-state index in [1.807, 2.05) is 17.5 Å². The highest BCUT2D eigenvalue weighted by Crippen LogP contribution is 2.18. The number of hydrogen-bond acceptors (Lipinski definition) is 4. The van der Waals surface area contributed by atoms with E-state index in [0.29, 0.717) is 6.54 Å². The highest BCUT2D eigenvalue weighted by atomic mass is 32.1. The predicted octanol–water partition coefficient (Wildman–Crippen LogP) is 0.587. The fraction of sp³-hybridized carbons (Fsp3) is 0.500. The van der Waals surface area contributed by atoms with Crippen molar-refractivity contribution >= 4 is 17.2 Å². The largest absolute Gasteiger partial charge is 0.392 e. The molecule has 0 spiro atoms. The molecule has 0 aliphatic heterocycles. The second-order valence-corrected chi connectivity index (χ2v) is 4.54. The summed E-state index contributed by atoms with van der Waals surface area (Å²) in [5.74, 6) is -0.168. The van der Waals surface area contributed by atoms with Crippen LogP contribution in [0, 0.1) is 0 Å². The summed E-state index contributed by atoms with van der Waals surface area (Å²) in [4.78, 5) is 14.1. The Bertz CT molecular complexity index is 311. The normalized spacial score (nSPS) is 14.7. The average molecular weight is 228 g/mol. The number of nitrogens with zero attached hydrogens (tertiary/aromatic N) is 1. The van der Waals surface area contributed by atoms with Crippen molar-refractivity contribution in [3.63, 3.8) is 0 Å². The average Bonchev–Trinajstić information content (AvgIpc) is 2.67. The summed E-state index contributed by atoms with van der Waals surface area (Å²) in [6.07, 6.45) is -0.533. The van der Waals surface area contributed by atoms with Crippen molar-refractivity contribution < 1.29 is 9.90 Å². The van der Waals surface area contributed by atoms with E-state index in [1.54, 1.807) is 14.0 Å². The highest BCUT2D eigenvalue weighted by Gasteiger charge is 2.21. The molecule has 0 saturated heterocycles. The third-order valence-electron chi connectivity index (χ3n) is 2.03. The standard InChI is InChI=1S/C10H16N2O2S/c1-7(13)6-12(2)10(14)9(11)8-4-3-5-15-8/h3-5,7,9,13H,6,11H2,1-2H3. The molecule has 0 aliphatic carbocycles. The molecule has 0 aliphatic rings. The molecule has 0 saturated carbocycles. The third kappa shape index (κ3) is 3.30. The monoisotopic (exact) mass is 228 g/mol. The van der Waals surface area contributed by atoms with Gasteiger partial charge in [0.15, 0.2) is 0 Å². The predicted molar refractivity (Wildman–Crippen MR) is 60.6 cm³/mol. The van der Waals surface area contributed by atoms with Gasteiger partial charge in [-0.2, -0.15) is 0 Å². The van der Waals surface area contributed by atoms with Gasteiger partial charge < -0.3 is 15.7 Å².